The molecule has 2 aromatic heterocycles. The molecule has 3 rings (SSSR count). The highest BCUT2D eigenvalue weighted by Crippen LogP contribution is 2.41. The molecule has 1 aliphatic carbocycles. The van der Waals surface area contributed by atoms with E-state index in [2.05, 4.69) is 30.7 Å². The van der Waals surface area contributed by atoms with Gasteiger partial charge in [-0.3, -0.25) is 14.8 Å². The van der Waals surface area contributed by atoms with Gasteiger partial charge >= 0.3 is 0 Å². The number of carbonyl (C=O) groups excluding carboxylic acids is 1. The molecular formula is C22H24N2O. The van der Waals surface area contributed by atoms with Crippen LogP contribution in [0.1, 0.15) is 44.7 Å². The van der Waals surface area contributed by atoms with Crippen molar-refractivity contribution in [3.8, 4) is 0 Å². The van der Waals surface area contributed by atoms with Crippen LogP contribution in [0.4, 0.5) is 0 Å². The van der Waals surface area contributed by atoms with E-state index < -0.39 is 0 Å². The van der Waals surface area contributed by atoms with Crippen LogP contribution >= 0.6 is 0 Å². The number of rotatable bonds is 2. The van der Waals surface area contributed by atoms with Crippen molar-refractivity contribution in [1.29, 1.82) is 0 Å². The Balaban J connectivity index is 2.00. The smallest absolute Gasteiger partial charge is 0.185 e. The number of allylic oxidation sites excluding steroid dienone is 2. The maximum atomic E-state index is 13.0. The average Bonchev–Trinajstić information content (AvgIpc) is 2.59. The Morgan fingerprint density at radius 2 is 1.40 bits per heavy atom. The minimum absolute atomic E-state index is 0.142. The summed E-state index contributed by atoms with van der Waals surface area (Å²) in [5, 5.41) is 0. The van der Waals surface area contributed by atoms with Gasteiger partial charge in [-0.2, -0.15) is 0 Å². The Morgan fingerprint density at radius 3 is 1.76 bits per heavy atom. The molecule has 0 aromatic carbocycles. The molecule has 0 aliphatic heterocycles. The van der Waals surface area contributed by atoms with Gasteiger partial charge in [0.25, 0.3) is 0 Å². The van der Waals surface area contributed by atoms with Crippen LogP contribution in [0.2, 0.25) is 0 Å². The molecular weight excluding hydrogens is 308 g/mol. The van der Waals surface area contributed by atoms with Gasteiger partial charge in [0, 0.05) is 35.9 Å². The third kappa shape index (κ3) is 4.30. The van der Waals surface area contributed by atoms with E-state index in [0.29, 0.717) is 5.92 Å². The van der Waals surface area contributed by atoms with E-state index in [1.807, 2.05) is 36.4 Å². The fraction of sp³-hybridized carbons (Fsp3) is 0.318. The van der Waals surface area contributed by atoms with Gasteiger partial charge in [0.05, 0.1) is 0 Å². The Kier molecular flexibility index (Phi) is 4.93. The molecule has 3 nitrogen and oxygen atoms in total. The third-order valence-corrected chi connectivity index (χ3v) is 4.79. The van der Waals surface area contributed by atoms with Crippen LogP contribution in [0.5, 0.6) is 0 Å². The quantitative estimate of drug-likeness (QED) is 0.729. The average molecular weight is 332 g/mol. The van der Waals surface area contributed by atoms with E-state index >= 15 is 0 Å². The maximum absolute atomic E-state index is 13.0. The van der Waals surface area contributed by atoms with Crippen molar-refractivity contribution >= 4 is 17.9 Å². The first-order valence-corrected chi connectivity index (χ1v) is 8.69. The van der Waals surface area contributed by atoms with Gasteiger partial charge in [0.2, 0.25) is 0 Å². The number of aromatic nitrogens is 2. The number of carbonyl (C=O) groups is 1. The second-order valence-corrected chi connectivity index (χ2v) is 7.71. The predicted molar refractivity (Wildman–Crippen MR) is 102 cm³/mol. The lowest BCUT2D eigenvalue weighted by Crippen LogP contribution is -2.29. The van der Waals surface area contributed by atoms with Crippen LogP contribution in [0, 0.1) is 11.3 Å². The molecule has 1 saturated carbocycles. The summed E-state index contributed by atoms with van der Waals surface area (Å²) in [6, 6.07) is 7.76. The van der Waals surface area contributed by atoms with Gasteiger partial charge in [0.1, 0.15) is 0 Å². The summed E-state index contributed by atoms with van der Waals surface area (Å²) in [6.45, 7) is 6.74. The van der Waals surface area contributed by atoms with E-state index in [9.17, 15) is 4.79 Å². The van der Waals surface area contributed by atoms with Crippen LogP contribution in [-0.4, -0.2) is 15.8 Å². The Morgan fingerprint density at radius 1 is 0.920 bits per heavy atom. The summed E-state index contributed by atoms with van der Waals surface area (Å²) in [5.74, 6) is 0.573. The van der Waals surface area contributed by atoms with Crippen molar-refractivity contribution in [2.75, 3.05) is 0 Å². The molecule has 1 fully saturated rings. The molecule has 0 N–H and O–H groups in total. The van der Waals surface area contributed by atoms with Gasteiger partial charge in [-0.1, -0.05) is 32.9 Å². The molecule has 0 unspecified atom stereocenters. The van der Waals surface area contributed by atoms with Crippen molar-refractivity contribution in [3.05, 3.63) is 71.3 Å². The zero-order chi connectivity index (χ0) is 17.9. The van der Waals surface area contributed by atoms with E-state index in [0.717, 1.165) is 35.1 Å². The molecule has 0 spiro atoms. The van der Waals surface area contributed by atoms with Crippen LogP contribution < -0.4 is 0 Å². The number of pyridine rings is 2. The number of hydrogen-bond donors (Lipinski definition) is 0. The SMILES string of the molecule is CC(C)(C)C1C/C(=C\c2cccnc2)C(=O)/C(=C/c2cccnc2)C1. The van der Waals surface area contributed by atoms with Gasteiger partial charge in [-0.15, -0.1) is 0 Å². The van der Waals surface area contributed by atoms with E-state index in [-0.39, 0.29) is 11.2 Å². The van der Waals surface area contributed by atoms with E-state index in [1.54, 1.807) is 24.8 Å². The molecule has 0 bridgehead atoms. The lowest BCUT2D eigenvalue weighted by Gasteiger charge is -2.35. The summed E-state index contributed by atoms with van der Waals surface area (Å²) in [4.78, 5) is 21.3. The van der Waals surface area contributed by atoms with Crippen molar-refractivity contribution in [2.24, 2.45) is 11.3 Å². The lowest BCUT2D eigenvalue weighted by molar-refractivity contribution is -0.113. The largest absolute Gasteiger partial charge is 0.289 e. The third-order valence-electron chi connectivity index (χ3n) is 4.79. The number of ketones is 1. The van der Waals surface area contributed by atoms with Crippen LogP contribution in [0.15, 0.2) is 60.2 Å². The first-order chi connectivity index (χ1) is 11.9. The molecule has 2 heterocycles. The molecule has 0 saturated heterocycles. The number of nitrogens with zero attached hydrogens (tertiary/aromatic N) is 2. The summed E-state index contributed by atoms with van der Waals surface area (Å²) in [5.41, 5.74) is 3.83. The molecule has 0 radical (unpaired) electrons. The monoisotopic (exact) mass is 332 g/mol. The number of hydrogen-bond acceptors (Lipinski definition) is 3. The highest BCUT2D eigenvalue weighted by atomic mass is 16.1. The Labute approximate surface area is 149 Å². The number of Topliss-reactive ketones (excluding diaryl/α,β-unsaturated/α-hetero) is 1. The molecule has 25 heavy (non-hydrogen) atoms. The molecule has 2 aromatic rings. The maximum Gasteiger partial charge on any atom is 0.185 e. The van der Waals surface area contributed by atoms with Crippen molar-refractivity contribution in [2.45, 2.75) is 33.6 Å². The van der Waals surface area contributed by atoms with Crippen LogP contribution in [-0.2, 0) is 4.79 Å². The van der Waals surface area contributed by atoms with Crippen LogP contribution in [0.3, 0.4) is 0 Å². The first kappa shape index (κ1) is 17.3. The lowest BCUT2D eigenvalue weighted by atomic mass is 9.68. The van der Waals surface area contributed by atoms with Gasteiger partial charge in [-0.05, 0) is 59.6 Å². The summed E-state index contributed by atoms with van der Waals surface area (Å²) < 4.78 is 0. The Hall–Kier alpha value is -2.55. The van der Waals surface area contributed by atoms with E-state index in [4.69, 9.17) is 0 Å². The first-order valence-electron chi connectivity index (χ1n) is 8.69. The fourth-order valence-corrected chi connectivity index (χ4v) is 3.18. The molecule has 3 heteroatoms. The van der Waals surface area contributed by atoms with E-state index in [1.165, 1.54) is 0 Å². The zero-order valence-electron chi connectivity index (χ0n) is 15.1. The zero-order valence-corrected chi connectivity index (χ0v) is 15.1. The van der Waals surface area contributed by atoms with Gasteiger partial charge < -0.3 is 0 Å². The van der Waals surface area contributed by atoms with Crippen molar-refractivity contribution in [1.82, 2.24) is 9.97 Å². The highest BCUT2D eigenvalue weighted by Gasteiger charge is 2.34. The van der Waals surface area contributed by atoms with Gasteiger partial charge in [-0.25, -0.2) is 0 Å². The second kappa shape index (κ2) is 7.14. The molecule has 0 amide bonds. The van der Waals surface area contributed by atoms with Crippen molar-refractivity contribution in [3.63, 3.8) is 0 Å². The predicted octanol–water partition coefficient (Wildman–Crippen LogP) is 4.97. The molecule has 1 aliphatic rings. The summed E-state index contributed by atoms with van der Waals surface area (Å²) >= 11 is 0. The Bertz CT molecular complexity index is 737. The highest BCUT2D eigenvalue weighted by molar-refractivity contribution is 6.14. The summed E-state index contributed by atoms with van der Waals surface area (Å²) in [6.07, 6.45) is 12.7. The normalized spacial score (nSPS) is 21.7. The standard InChI is InChI=1S/C22H24N2O/c1-22(2,3)20-12-18(10-16-6-4-8-23-14-16)21(25)19(13-20)11-17-7-5-9-24-15-17/h4-11,14-15,20H,12-13H2,1-3H3/b18-10+,19-11+. The van der Waals surface area contributed by atoms with Crippen LogP contribution in [0.25, 0.3) is 12.2 Å². The van der Waals surface area contributed by atoms with Gasteiger partial charge in [0.15, 0.2) is 5.78 Å². The summed E-state index contributed by atoms with van der Waals surface area (Å²) in [7, 11) is 0. The topological polar surface area (TPSA) is 42.9 Å². The molecule has 0 atom stereocenters. The minimum atomic E-state index is 0.142. The van der Waals surface area contributed by atoms with Crippen molar-refractivity contribution < 1.29 is 4.79 Å². The fourth-order valence-electron chi connectivity index (χ4n) is 3.18. The second-order valence-electron chi connectivity index (χ2n) is 7.71. The molecule has 128 valence electrons. The minimum Gasteiger partial charge on any atom is -0.289 e.